The van der Waals surface area contributed by atoms with Gasteiger partial charge in [-0.3, -0.25) is 4.79 Å². The highest BCUT2D eigenvalue weighted by Crippen LogP contribution is 2.20. The smallest absolute Gasteiger partial charge is 0.243 e. The van der Waals surface area contributed by atoms with E-state index in [0.717, 1.165) is 19.4 Å². The molecule has 1 aromatic carbocycles. The number of hydrogen-bond donors (Lipinski definition) is 0. The van der Waals surface area contributed by atoms with E-state index >= 15 is 0 Å². The number of hydrogen-bond acceptors (Lipinski definition) is 8. The molecule has 0 unspecified atom stereocenters. The van der Waals surface area contributed by atoms with Gasteiger partial charge in [0.1, 0.15) is 0 Å². The zero-order chi connectivity index (χ0) is 21.0. The van der Waals surface area contributed by atoms with Gasteiger partial charge in [0, 0.05) is 32.8 Å². The van der Waals surface area contributed by atoms with Crippen LogP contribution in [0.5, 0.6) is 0 Å². The van der Waals surface area contributed by atoms with Crippen molar-refractivity contribution >= 4 is 27.7 Å². The van der Waals surface area contributed by atoms with Crippen LogP contribution in [-0.4, -0.2) is 88.4 Å². The number of ether oxygens (including phenoxy) is 1. The molecule has 2 aliphatic rings. The van der Waals surface area contributed by atoms with Crippen molar-refractivity contribution in [3.05, 3.63) is 30.3 Å². The zero-order valence-corrected chi connectivity index (χ0v) is 18.1. The van der Waals surface area contributed by atoms with Crippen molar-refractivity contribution < 1.29 is 17.9 Å². The van der Waals surface area contributed by atoms with Gasteiger partial charge in [-0.05, 0) is 35.4 Å². The Bertz CT molecular complexity index is 954. The summed E-state index contributed by atoms with van der Waals surface area (Å²) in [5.74, 6) is 0.153. The highest BCUT2D eigenvalue weighted by Gasteiger charge is 2.30. The van der Waals surface area contributed by atoms with Crippen LogP contribution in [0.4, 0.5) is 0 Å². The minimum Gasteiger partial charge on any atom is -0.376 e. The molecule has 0 bridgehead atoms. The summed E-state index contributed by atoms with van der Waals surface area (Å²) in [6, 6.07) is 8.37. The number of aromatic nitrogens is 4. The Balaban J connectivity index is 1.28. The van der Waals surface area contributed by atoms with Gasteiger partial charge in [0.15, 0.2) is 0 Å². The molecule has 10 nitrogen and oxygen atoms in total. The van der Waals surface area contributed by atoms with Crippen LogP contribution in [0.2, 0.25) is 0 Å². The first kappa shape index (κ1) is 21.2. The number of tetrazole rings is 1. The summed E-state index contributed by atoms with van der Waals surface area (Å²) in [5, 5.41) is 12.3. The summed E-state index contributed by atoms with van der Waals surface area (Å²) in [4.78, 5) is 14.6. The van der Waals surface area contributed by atoms with Crippen LogP contribution in [0, 0.1) is 0 Å². The molecule has 0 radical (unpaired) electrons. The Labute approximate surface area is 179 Å². The van der Waals surface area contributed by atoms with Gasteiger partial charge in [0.05, 0.1) is 23.3 Å². The fourth-order valence-electron chi connectivity index (χ4n) is 3.53. The predicted octanol–water partition coefficient (Wildman–Crippen LogP) is 0.477. The molecule has 0 N–H and O–H groups in total. The second-order valence-corrected chi connectivity index (χ2v) is 10.0. The molecule has 1 atom stereocenters. The molecular weight excluding hydrogens is 428 g/mol. The van der Waals surface area contributed by atoms with Gasteiger partial charge in [-0.1, -0.05) is 30.0 Å². The summed E-state index contributed by atoms with van der Waals surface area (Å²) in [5.41, 5.74) is 0. The summed E-state index contributed by atoms with van der Waals surface area (Å²) in [6.07, 6.45) is 2.14. The SMILES string of the molecule is O=C(CSc1nnnn1C[C@@H]1CCCO1)N1CCN(S(=O)(=O)c2ccccc2)CC1. The molecule has 0 aliphatic carbocycles. The lowest BCUT2D eigenvalue weighted by Gasteiger charge is -2.34. The average Bonchev–Trinajstić information content (AvgIpc) is 3.45. The van der Waals surface area contributed by atoms with Crippen molar-refractivity contribution in [3.8, 4) is 0 Å². The molecule has 2 aromatic rings. The molecular formula is C18H24N6O4S2. The number of thioether (sulfide) groups is 1. The molecule has 1 aromatic heterocycles. The van der Waals surface area contributed by atoms with Gasteiger partial charge >= 0.3 is 0 Å². The van der Waals surface area contributed by atoms with Gasteiger partial charge in [0.2, 0.25) is 21.1 Å². The molecule has 4 rings (SSSR count). The Morgan fingerprint density at radius 2 is 1.93 bits per heavy atom. The van der Waals surface area contributed by atoms with E-state index in [-0.39, 0.29) is 35.7 Å². The lowest BCUT2D eigenvalue weighted by Crippen LogP contribution is -2.50. The fraction of sp³-hybridized carbons (Fsp3) is 0.556. The minimum atomic E-state index is -3.53. The first-order valence-electron chi connectivity index (χ1n) is 9.87. The Hall–Kier alpha value is -2.02. The van der Waals surface area contributed by atoms with E-state index in [1.165, 1.54) is 16.1 Å². The molecule has 162 valence electrons. The maximum atomic E-state index is 12.7. The standard InChI is InChI=1S/C18H24N6O4S2/c25-17(14-29-18-19-20-21-24(18)13-15-5-4-12-28-15)22-8-10-23(11-9-22)30(26,27)16-6-2-1-3-7-16/h1-3,6-7,15H,4-5,8-14H2/t15-/m0/s1. The summed E-state index contributed by atoms with van der Waals surface area (Å²) in [7, 11) is -3.53. The van der Waals surface area contributed by atoms with E-state index in [2.05, 4.69) is 15.5 Å². The van der Waals surface area contributed by atoms with Crippen LogP contribution in [0.1, 0.15) is 12.8 Å². The number of carbonyl (C=O) groups excluding carboxylic acids is 1. The fourth-order valence-corrected chi connectivity index (χ4v) is 5.77. The molecule has 2 aliphatic heterocycles. The normalized spacial score (nSPS) is 20.5. The average molecular weight is 453 g/mol. The van der Waals surface area contributed by atoms with Crippen molar-refractivity contribution in [1.82, 2.24) is 29.4 Å². The third-order valence-corrected chi connectivity index (χ3v) is 8.05. The minimum absolute atomic E-state index is 0.0524. The van der Waals surface area contributed by atoms with E-state index in [1.807, 2.05) is 0 Å². The Morgan fingerprint density at radius 3 is 2.63 bits per heavy atom. The zero-order valence-electron chi connectivity index (χ0n) is 16.5. The maximum Gasteiger partial charge on any atom is 0.243 e. The monoisotopic (exact) mass is 452 g/mol. The number of sulfonamides is 1. The molecule has 0 spiro atoms. The maximum absolute atomic E-state index is 12.7. The second kappa shape index (κ2) is 9.41. The number of rotatable bonds is 7. The largest absolute Gasteiger partial charge is 0.376 e. The lowest BCUT2D eigenvalue weighted by atomic mass is 10.2. The third kappa shape index (κ3) is 4.82. The van der Waals surface area contributed by atoms with Crippen LogP contribution in [0.25, 0.3) is 0 Å². The van der Waals surface area contributed by atoms with Crippen molar-refractivity contribution in [3.63, 3.8) is 0 Å². The van der Waals surface area contributed by atoms with Gasteiger partial charge in [-0.2, -0.15) is 4.31 Å². The van der Waals surface area contributed by atoms with Crippen LogP contribution in [0.3, 0.4) is 0 Å². The van der Waals surface area contributed by atoms with Crippen molar-refractivity contribution in [2.24, 2.45) is 0 Å². The predicted molar refractivity (Wildman–Crippen MR) is 109 cm³/mol. The number of piperazine rings is 1. The van der Waals surface area contributed by atoms with E-state index in [9.17, 15) is 13.2 Å². The number of benzene rings is 1. The molecule has 1 amide bonds. The van der Waals surface area contributed by atoms with Crippen LogP contribution < -0.4 is 0 Å². The summed E-state index contributed by atoms with van der Waals surface area (Å²) < 4.78 is 34.1. The van der Waals surface area contributed by atoms with Crippen molar-refractivity contribution in [2.75, 3.05) is 38.5 Å². The molecule has 12 heteroatoms. The molecule has 2 fully saturated rings. The molecule has 0 saturated carbocycles. The third-order valence-electron chi connectivity index (χ3n) is 5.20. The lowest BCUT2D eigenvalue weighted by molar-refractivity contribution is -0.129. The first-order chi connectivity index (χ1) is 14.5. The van der Waals surface area contributed by atoms with Crippen molar-refractivity contribution in [2.45, 2.75) is 35.5 Å². The second-order valence-electron chi connectivity index (χ2n) is 7.17. The number of nitrogens with zero attached hydrogens (tertiary/aromatic N) is 6. The van der Waals surface area contributed by atoms with E-state index in [4.69, 9.17) is 4.74 Å². The van der Waals surface area contributed by atoms with Gasteiger partial charge in [-0.15, -0.1) is 5.10 Å². The number of carbonyl (C=O) groups is 1. The molecule has 30 heavy (non-hydrogen) atoms. The van der Waals surface area contributed by atoms with E-state index in [0.29, 0.717) is 24.8 Å². The number of amides is 1. The van der Waals surface area contributed by atoms with Crippen LogP contribution in [0.15, 0.2) is 40.4 Å². The Morgan fingerprint density at radius 1 is 1.17 bits per heavy atom. The molecule has 3 heterocycles. The Kier molecular flexibility index (Phi) is 6.66. The highest BCUT2D eigenvalue weighted by molar-refractivity contribution is 7.99. The van der Waals surface area contributed by atoms with Crippen molar-refractivity contribution in [1.29, 1.82) is 0 Å². The van der Waals surface area contributed by atoms with E-state index in [1.54, 1.807) is 39.9 Å². The van der Waals surface area contributed by atoms with Gasteiger partial charge in [0.25, 0.3) is 0 Å². The van der Waals surface area contributed by atoms with Gasteiger partial charge < -0.3 is 9.64 Å². The summed E-state index contributed by atoms with van der Waals surface area (Å²) in [6.45, 7) is 2.65. The molecule has 2 saturated heterocycles. The quantitative estimate of drug-likeness (QED) is 0.558. The van der Waals surface area contributed by atoms with Crippen LogP contribution >= 0.6 is 11.8 Å². The summed E-state index contributed by atoms with van der Waals surface area (Å²) >= 11 is 1.29. The topological polar surface area (TPSA) is 111 Å². The van der Waals surface area contributed by atoms with Gasteiger partial charge in [-0.25, -0.2) is 13.1 Å². The first-order valence-corrected chi connectivity index (χ1v) is 12.3. The van der Waals surface area contributed by atoms with E-state index < -0.39 is 10.0 Å². The highest BCUT2D eigenvalue weighted by atomic mass is 32.2. The van der Waals surface area contributed by atoms with Crippen LogP contribution in [-0.2, 0) is 26.1 Å².